The van der Waals surface area contributed by atoms with E-state index in [2.05, 4.69) is 5.32 Å². The van der Waals surface area contributed by atoms with E-state index in [9.17, 15) is 9.59 Å². The lowest BCUT2D eigenvalue weighted by Gasteiger charge is -2.44. The zero-order valence-electron chi connectivity index (χ0n) is 12.1. The summed E-state index contributed by atoms with van der Waals surface area (Å²) in [7, 11) is 1.78. The van der Waals surface area contributed by atoms with Crippen LogP contribution >= 0.6 is 0 Å². The lowest BCUT2D eigenvalue weighted by atomic mass is 9.97. The quantitative estimate of drug-likeness (QED) is 0.794. The van der Waals surface area contributed by atoms with E-state index in [1.807, 2.05) is 27.7 Å². The summed E-state index contributed by atoms with van der Waals surface area (Å²) in [5.74, 6) is 0.0634. The molecule has 0 unspecified atom stereocenters. The second-order valence-corrected chi connectivity index (χ2v) is 5.69. The van der Waals surface area contributed by atoms with Crippen molar-refractivity contribution in [1.82, 2.24) is 15.1 Å². The van der Waals surface area contributed by atoms with Crippen molar-refractivity contribution < 1.29 is 9.59 Å². The number of carbonyl (C=O) groups excluding carboxylic acids is 2. The maximum Gasteiger partial charge on any atom is 0.247 e. The van der Waals surface area contributed by atoms with E-state index in [1.54, 1.807) is 16.8 Å². The van der Waals surface area contributed by atoms with Gasteiger partial charge < -0.3 is 15.1 Å². The molecular weight excluding hydrogens is 230 g/mol. The van der Waals surface area contributed by atoms with Gasteiger partial charge >= 0.3 is 0 Å². The highest BCUT2D eigenvalue weighted by Gasteiger charge is 2.42. The van der Waals surface area contributed by atoms with Gasteiger partial charge in [0.1, 0.15) is 5.54 Å². The standard InChI is InChI=1S/C13H25N3O2/c1-10(2)14-7-6-11(17)16-9-8-15(5)12(18)13(16,3)4/h10,14H,6-9H2,1-5H3. The summed E-state index contributed by atoms with van der Waals surface area (Å²) in [6.07, 6.45) is 0.443. The van der Waals surface area contributed by atoms with Gasteiger partial charge in [-0.2, -0.15) is 0 Å². The Morgan fingerprint density at radius 2 is 2.00 bits per heavy atom. The molecule has 0 atom stereocenters. The van der Waals surface area contributed by atoms with Crippen molar-refractivity contribution in [2.75, 3.05) is 26.7 Å². The van der Waals surface area contributed by atoms with E-state index < -0.39 is 5.54 Å². The Morgan fingerprint density at radius 3 is 2.56 bits per heavy atom. The Hall–Kier alpha value is -1.10. The van der Waals surface area contributed by atoms with Crippen molar-refractivity contribution in [3.8, 4) is 0 Å². The molecule has 5 heteroatoms. The number of hydrogen-bond acceptors (Lipinski definition) is 3. The van der Waals surface area contributed by atoms with Crippen LogP contribution in [0.15, 0.2) is 0 Å². The fourth-order valence-corrected chi connectivity index (χ4v) is 2.25. The Kier molecular flexibility index (Phi) is 4.73. The Labute approximate surface area is 110 Å². The van der Waals surface area contributed by atoms with Crippen LogP contribution in [0, 0.1) is 0 Å². The number of rotatable bonds is 4. The maximum absolute atomic E-state index is 12.2. The SMILES string of the molecule is CC(C)NCCC(=O)N1CCN(C)C(=O)C1(C)C. The zero-order chi connectivity index (χ0) is 13.9. The first-order valence-corrected chi connectivity index (χ1v) is 6.56. The van der Waals surface area contributed by atoms with Crippen molar-refractivity contribution in [3.05, 3.63) is 0 Å². The average Bonchev–Trinajstić information content (AvgIpc) is 2.25. The van der Waals surface area contributed by atoms with Crippen LogP contribution in [0.3, 0.4) is 0 Å². The molecule has 18 heavy (non-hydrogen) atoms. The van der Waals surface area contributed by atoms with Gasteiger partial charge in [0.2, 0.25) is 11.8 Å². The van der Waals surface area contributed by atoms with Gasteiger partial charge in [-0.25, -0.2) is 0 Å². The van der Waals surface area contributed by atoms with Crippen molar-refractivity contribution in [3.63, 3.8) is 0 Å². The molecule has 0 spiro atoms. The fraction of sp³-hybridized carbons (Fsp3) is 0.846. The molecule has 104 valence electrons. The molecule has 0 radical (unpaired) electrons. The zero-order valence-corrected chi connectivity index (χ0v) is 12.1. The van der Waals surface area contributed by atoms with Gasteiger partial charge in [-0.15, -0.1) is 0 Å². The molecular formula is C13H25N3O2. The fourth-order valence-electron chi connectivity index (χ4n) is 2.25. The molecule has 5 nitrogen and oxygen atoms in total. The van der Waals surface area contributed by atoms with E-state index in [4.69, 9.17) is 0 Å². The Balaban J connectivity index is 2.60. The summed E-state index contributed by atoms with van der Waals surface area (Å²) in [6.45, 7) is 9.63. The number of nitrogens with zero attached hydrogens (tertiary/aromatic N) is 2. The van der Waals surface area contributed by atoms with Gasteiger partial charge in [-0.1, -0.05) is 13.8 Å². The number of piperazine rings is 1. The van der Waals surface area contributed by atoms with E-state index in [-0.39, 0.29) is 11.8 Å². The molecule has 1 heterocycles. The summed E-state index contributed by atoms with van der Waals surface area (Å²) < 4.78 is 0. The van der Waals surface area contributed by atoms with Crippen LogP contribution in [-0.2, 0) is 9.59 Å². The number of hydrogen-bond donors (Lipinski definition) is 1. The summed E-state index contributed by atoms with van der Waals surface area (Å²) >= 11 is 0. The molecule has 1 aliphatic rings. The smallest absolute Gasteiger partial charge is 0.247 e. The summed E-state index contributed by atoms with van der Waals surface area (Å²) in [6, 6.07) is 0.375. The first-order valence-electron chi connectivity index (χ1n) is 6.56. The molecule has 1 fully saturated rings. The molecule has 1 aliphatic heterocycles. The first kappa shape index (κ1) is 15.0. The molecule has 1 rings (SSSR count). The predicted octanol–water partition coefficient (Wildman–Crippen LogP) is 0.454. The Bertz CT molecular complexity index is 326. The minimum Gasteiger partial charge on any atom is -0.342 e. The van der Waals surface area contributed by atoms with Gasteiger partial charge in [0, 0.05) is 39.1 Å². The normalized spacial score (nSPS) is 19.6. The van der Waals surface area contributed by atoms with Gasteiger partial charge in [-0.05, 0) is 13.8 Å². The second-order valence-electron chi connectivity index (χ2n) is 5.69. The summed E-state index contributed by atoms with van der Waals surface area (Å²) in [4.78, 5) is 27.6. The topological polar surface area (TPSA) is 52.7 Å². The largest absolute Gasteiger partial charge is 0.342 e. The molecule has 0 aromatic carbocycles. The van der Waals surface area contributed by atoms with Crippen LogP contribution < -0.4 is 5.32 Å². The van der Waals surface area contributed by atoms with Crippen molar-refractivity contribution in [2.45, 2.75) is 45.7 Å². The van der Waals surface area contributed by atoms with Crippen LogP contribution in [0.1, 0.15) is 34.1 Å². The van der Waals surface area contributed by atoms with Gasteiger partial charge in [-0.3, -0.25) is 9.59 Å². The highest BCUT2D eigenvalue weighted by molar-refractivity contribution is 5.91. The molecule has 0 aromatic heterocycles. The highest BCUT2D eigenvalue weighted by Crippen LogP contribution is 2.22. The average molecular weight is 255 g/mol. The number of carbonyl (C=O) groups is 2. The van der Waals surface area contributed by atoms with Crippen LogP contribution in [0.5, 0.6) is 0 Å². The molecule has 2 amide bonds. The third kappa shape index (κ3) is 3.22. The summed E-state index contributed by atoms with van der Waals surface area (Å²) in [5.41, 5.74) is -0.720. The molecule has 0 bridgehead atoms. The van der Waals surface area contributed by atoms with Crippen LogP contribution in [0.25, 0.3) is 0 Å². The number of nitrogens with one attached hydrogen (secondary N) is 1. The number of amides is 2. The van der Waals surface area contributed by atoms with Gasteiger partial charge in [0.25, 0.3) is 0 Å². The van der Waals surface area contributed by atoms with Crippen LogP contribution in [0.4, 0.5) is 0 Å². The first-order chi connectivity index (χ1) is 8.26. The highest BCUT2D eigenvalue weighted by atomic mass is 16.2. The third-order valence-corrected chi connectivity index (χ3v) is 3.40. The van der Waals surface area contributed by atoms with Crippen LogP contribution in [0.2, 0.25) is 0 Å². The number of likely N-dealkylation sites (N-methyl/N-ethyl adjacent to an activating group) is 1. The van der Waals surface area contributed by atoms with E-state index in [0.29, 0.717) is 32.1 Å². The molecule has 0 aliphatic carbocycles. The predicted molar refractivity (Wildman–Crippen MR) is 71.2 cm³/mol. The molecule has 1 saturated heterocycles. The van der Waals surface area contributed by atoms with E-state index in [0.717, 1.165) is 0 Å². The second kappa shape index (κ2) is 5.69. The Morgan fingerprint density at radius 1 is 1.39 bits per heavy atom. The van der Waals surface area contributed by atoms with Gasteiger partial charge in [0.15, 0.2) is 0 Å². The minimum atomic E-state index is -0.720. The van der Waals surface area contributed by atoms with E-state index in [1.165, 1.54) is 0 Å². The molecule has 0 saturated carbocycles. The third-order valence-electron chi connectivity index (χ3n) is 3.40. The van der Waals surface area contributed by atoms with Crippen molar-refractivity contribution in [1.29, 1.82) is 0 Å². The van der Waals surface area contributed by atoms with Gasteiger partial charge in [0.05, 0.1) is 0 Å². The van der Waals surface area contributed by atoms with Crippen LogP contribution in [-0.4, -0.2) is 59.9 Å². The molecule has 1 N–H and O–H groups in total. The maximum atomic E-state index is 12.2. The van der Waals surface area contributed by atoms with Crippen molar-refractivity contribution in [2.24, 2.45) is 0 Å². The lowest BCUT2D eigenvalue weighted by molar-refractivity contribution is -0.157. The van der Waals surface area contributed by atoms with E-state index >= 15 is 0 Å². The lowest BCUT2D eigenvalue weighted by Crippen LogP contribution is -2.63. The van der Waals surface area contributed by atoms with Crippen molar-refractivity contribution >= 4 is 11.8 Å². The monoisotopic (exact) mass is 255 g/mol. The molecule has 0 aromatic rings. The minimum absolute atomic E-state index is 0.0129. The summed E-state index contributed by atoms with van der Waals surface area (Å²) in [5, 5.41) is 3.22.